The Balaban J connectivity index is 2.36. The Morgan fingerprint density at radius 2 is 1.95 bits per heavy atom. The largest absolute Gasteiger partial charge is 0.387 e. The van der Waals surface area contributed by atoms with Crippen LogP contribution in [0.3, 0.4) is 0 Å². The van der Waals surface area contributed by atoms with Gasteiger partial charge < -0.3 is 5.32 Å². The Bertz CT molecular complexity index is 598. The summed E-state index contributed by atoms with van der Waals surface area (Å²) in [6, 6.07) is 10.3. The van der Waals surface area contributed by atoms with E-state index < -0.39 is 0 Å². The standard InChI is InChI=1S/C19H19N/c1-3-9-18(17-11-5-4-6-12-17)14-19-15-20-13-8-7-10-16(19)2/h3-14,20H,1-2,15H2/b10-7-,13-8-,18-9+,19-14+. The highest BCUT2D eigenvalue weighted by Crippen LogP contribution is 2.21. The monoisotopic (exact) mass is 261 g/mol. The molecule has 0 radical (unpaired) electrons. The molecule has 0 atom stereocenters. The topological polar surface area (TPSA) is 12.0 Å². The maximum atomic E-state index is 4.12. The Labute approximate surface area is 121 Å². The number of allylic oxidation sites excluding steroid dienone is 7. The van der Waals surface area contributed by atoms with E-state index in [1.807, 2.05) is 54.8 Å². The Hall–Kier alpha value is -2.54. The van der Waals surface area contributed by atoms with Crippen LogP contribution < -0.4 is 5.32 Å². The molecule has 1 aliphatic heterocycles. The highest BCUT2D eigenvalue weighted by Gasteiger charge is 2.04. The molecule has 2 rings (SSSR count). The number of hydrogen-bond acceptors (Lipinski definition) is 1. The van der Waals surface area contributed by atoms with Crippen molar-refractivity contribution in [2.45, 2.75) is 0 Å². The molecule has 0 spiro atoms. The van der Waals surface area contributed by atoms with E-state index in [1.54, 1.807) is 0 Å². The minimum absolute atomic E-state index is 0.765. The molecule has 0 unspecified atom stereocenters. The molecule has 0 aliphatic carbocycles. The predicted molar refractivity (Wildman–Crippen MR) is 88.1 cm³/mol. The van der Waals surface area contributed by atoms with Gasteiger partial charge in [0, 0.05) is 6.54 Å². The molecule has 1 heterocycles. The zero-order valence-electron chi connectivity index (χ0n) is 11.5. The van der Waals surface area contributed by atoms with Gasteiger partial charge >= 0.3 is 0 Å². The minimum Gasteiger partial charge on any atom is -0.387 e. The summed E-state index contributed by atoms with van der Waals surface area (Å²) in [5, 5.41) is 3.25. The quantitative estimate of drug-likeness (QED) is 0.795. The van der Waals surface area contributed by atoms with E-state index in [4.69, 9.17) is 0 Å². The van der Waals surface area contributed by atoms with E-state index in [9.17, 15) is 0 Å². The number of hydrogen-bond donors (Lipinski definition) is 1. The van der Waals surface area contributed by atoms with Crippen molar-refractivity contribution in [1.29, 1.82) is 0 Å². The molecule has 0 amide bonds. The minimum atomic E-state index is 0.765. The number of rotatable bonds is 3. The van der Waals surface area contributed by atoms with Crippen molar-refractivity contribution in [3.63, 3.8) is 0 Å². The predicted octanol–water partition coefficient (Wildman–Crippen LogP) is 4.41. The summed E-state index contributed by atoms with van der Waals surface area (Å²) in [6.45, 7) is 8.69. The van der Waals surface area contributed by atoms with Crippen molar-refractivity contribution in [3.8, 4) is 0 Å². The molecular formula is C19H19N. The Morgan fingerprint density at radius 1 is 1.15 bits per heavy atom. The zero-order chi connectivity index (χ0) is 14.2. The second-order valence-corrected chi connectivity index (χ2v) is 4.52. The average molecular weight is 261 g/mol. The zero-order valence-corrected chi connectivity index (χ0v) is 11.5. The third-order valence-corrected chi connectivity index (χ3v) is 3.06. The second-order valence-electron chi connectivity index (χ2n) is 4.52. The first kappa shape index (κ1) is 13.9. The summed E-state index contributed by atoms with van der Waals surface area (Å²) in [4.78, 5) is 0. The van der Waals surface area contributed by atoms with Gasteiger partial charge in [-0.3, -0.25) is 0 Å². The first-order valence-electron chi connectivity index (χ1n) is 6.66. The molecule has 0 aromatic heterocycles. The molecule has 0 bridgehead atoms. The van der Waals surface area contributed by atoms with E-state index in [1.165, 1.54) is 11.1 Å². The normalized spacial score (nSPS) is 20.7. The van der Waals surface area contributed by atoms with Crippen molar-refractivity contribution in [2.24, 2.45) is 0 Å². The lowest BCUT2D eigenvalue weighted by molar-refractivity contribution is 0.945. The van der Waals surface area contributed by atoms with Gasteiger partial charge in [0.15, 0.2) is 0 Å². The third-order valence-electron chi connectivity index (χ3n) is 3.06. The van der Waals surface area contributed by atoms with Crippen LogP contribution >= 0.6 is 0 Å². The van der Waals surface area contributed by atoms with E-state index in [0.29, 0.717) is 0 Å². The van der Waals surface area contributed by atoms with Crippen molar-refractivity contribution < 1.29 is 0 Å². The van der Waals surface area contributed by atoms with Crippen molar-refractivity contribution in [2.75, 3.05) is 6.54 Å². The van der Waals surface area contributed by atoms with Gasteiger partial charge in [-0.05, 0) is 40.6 Å². The first-order valence-corrected chi connectivity index (χ1v) is 6.66. The Morgan fingerprint density at radius 3 is 2.70 bits per heavy atom. The third kappa shape index (κ3) is 3.72. The van der Waals surface area contributed by atoms with Gasteiger partial charge in [0.05, 0.1) is 0 Å². The molecule has 1 N–H and O–H groups in total. The summed E-state index contributed by atoms with van der Waals surface area (Å²) in [6.07, 6.45) is 13.9. The molecule has 1 heteroatoms. The van der Waals surface area contributed by atoms with E-state index in [-0.39, 0.29) is 0 Å². The SMILES string of the molecule is C=C/C=C(\C=C1/CN/C=C\C=C/C1=C)c1ccccc1. The molecule has 0 saturated heterocycles. The Kier molecular flexibility index (Phi) is 4.96. The lowest BCUT2D eigenvalue weighted by Gasteiger charge is -2.12. The van der Waals surface area contributed by atoms with Crippen LogP contribution in [0.1, 0.15) is 5.56 Å². The molecule has 20 heavy (non-hydrogen) atoms. The van der Waals surface area contributed by atoms with Crippen LogP contribution in [0.25, 0.3) is 5.57 Å². The molecular weight excluding hydrogens is 242 g/mol. The summed E-state index contributed by atoms with van der Waals surface area (Å²) < 4.78 is 0. The van der Waals surface area contributed by atoms with Crippen molar-refractivity contribution in [3.05, 3.63) is 103 Å². The molecule has 0 saturated carbocycles. The van der Waals surface area contributed by atoms with E-state index >= 15 is 0 Å². The van der Waals surface area contributed by atoms with Gasteiger partial charge in [-0.15, -0.1) is 0 Å². The fourth-order valence-corrected chi connectivity index (χ4v) is 2.00. The number of nitrogens with one attached hydrogen (secondary N) is 1. The summed E-state index contributed by atoms with van der Waals surface area (Å²) in [5.41, 5.74) is 4.50. The van der Waals surface area contributed by atoms with E-state index in [2.05, 4.69) is 36.7 Å². The lowest BCUT2D eigenvalue weighted by Crippen LogP contribution is -2.11. The molecule has 1 aliphatic rings. The van der Waals surface area contributed by atoms with Crippen LogP contribution in [0.5, 0.6) is 0 Å². The van der Waals surface area contributed by atoms with Crippen LogP contribution in [0.2, 0.25) is 0 Å². The molecule has 1 nitrogen and oxygen atoms in total. The molecule has 1 aromatic rings. The second kappa shape index (κ2) is 7.15. The maximum Gasteiger partial charge on any atom is 0.0401 e. The van der Waals surface area contributed by atoms with Gasteiger partial charge in [-0.2, -0.15) is 0 Å². The fourth-order valence-electron chi connectivity index (χ4n) is 2.00. The van der Waals surface area contributed by atoms with Crippen LogP contribution in [0.15, 0.2) is 97.3 Å². The lowest BCUT2D eigenvalue weighted by atomic mass is 9.98. The summed E-state index contributed by atoms with van der Waals surface area (Å²) in [7, 11) is 0. The highest BCUT2D eigenvalue weighted by atomic mass is 14.8. The van der Waals surface area contributed by atoms with Crippen LogP contribution in [-0.4, -0.2) is 6.54 Å². The van der Waals surface area contributed by atoms with Gasteiger partial charge in [-0.1, -0.05) is 67.8 Å². The number of benzene rings is 1. The van der Waals surface area contributed by atoms with Crippen molar-refractivity contribution >= 4 is 5.57 Å². The van der Waals surface area contributed by atoms with Gasteiger partial charge in [0.25, 0.3) is 0 Å². The van der Waals surface area contributed by atoms with Crippen molar-refractivity contribution in [1.82, 2.24) is 5.32 Å². The van der Waals surface area contributed by atoms with E-state index in [0.717, 1.165) is 17.7 Å². The van der Waals surface area contributed by atoms with Gasteiger partial charge in [-0.25, -0.2) is 0 Å². The van der Waals surface area contributed by atoms with Crippen LogP contribution in [0, 0.1) is 0 Å². The van der Waals surface area contributed by atoms with Crippen LogP contribution in [-0.2, 0) is 0 Å². The summed E-state index contributed by atoms with van der Waals surface area (Å²) in [5.74, 6) is 0. The average Bonchev–Trinajstić information content (AvgIpc) is 2.47. The fraction of sp³-hybridized carbons (Fsp3) is 0.0526. The molecule has 100 valence electrons. The summed E-state index contributed by atoms with van der Waals surface area (Å²) >= 11 is 0. The van der Waals surface area contributed by atoms with Gasteiger partial charge in [0.2, 0.25) is 0 Å². The smallest absolute Gasteiger partial charge is 0.0401 e. The highest BCUT2D eigenvalue weighted by molar-refractivity contribution is 5.77. The van der Waals surface area contributed by atoms with Crippen LogP contribution in [0.4, 0.5) is 0 Å². The molecule has 1 aromatic carbocycles. The van der Waals surface area contributed by atoms with Gasteiger partial charge in [0.1, 0.15) is 0 Å². The molecule has 0 fully saturated rings. The maximum absolute atomic E-state index is 4.12. The first-order chi connectivity index (χ1) is 9.81.